The first kappa shape index (κ1) is 11.2. The van der Waals surface area contributed by atoms with E-state index in [2.05, 4.69) is 27.0 Å². The lowest BCUT2D eigenvalue weighted by Crippen LogP contribution is -1.89. The van der Waals surface area contributed by atoms with Gasteiger partial charge in [-0.2, -0.15) is 0 Å². The first-order valence-corrected chi connectivity index (χ1v) is 6.13. The van der Waals surface area contributed by atoms with E-state index < -0.39 is 0 Å². The van der Waals surface area contributed by atoms with Crippen molar-refractivity contribution in [3.05, 3.63) is 39.0 Å². The molecule has 0 N–H and O–H groups in total. The third-order valence-electron chi connectivity index (χ3n) is 2.19. The minimum absolute atomic E-state index is 0.382. The SMILES string of the molecule is Cc1cc(Br)c2nc(Cl)c(CCl)cc2c1. The zero-order valence-electron chi connectivity index (χ0n) is 8.02. The minimum atomic E-state index is 0.382. The first-order chi connectivity index (χ1) is 7.11. The molecule has 15 heavy (non-hydrogen) atoms. The van der Waals surface area contributed by atoms with Gasteiger partial charge >= 0.3 is 0 Å². The lowest BCUT2D eigenvalue weighted by Gasteiger charge is -2.05. The minimum Gasteiger partial charge on any atom is -0.235 e. The molecule has 1 heterocycles. The highest BCUT2D eigenvalue weighted by atomic mass is 79.9. The monoisotopic (exact) mass is 303 g/mol. The molecule has 0 saturated carbocycles. The molecule has 0 saturated heterocycles. The van der Waals surface area contributed by atoms with Crippen LogP contribution in [0.25, 0.3) is 10.9 Å². The third kappa shape index (κ3) is 2.12. The second-order valence-corrected chi connectivity index (χ2v) is 4.87. The van der Waals surface area contributed by atoms with Crippen molar-refractivity contribution in [2.75, 3.05) is 0 Å². The van der Waals surface area contributed by atoms with Crippen LogP contribution in [-0.2, 0) is 5.88 Å². The molecular weight excluding hydrogens is 297 g/mol. The van der Waals surface area contributed by atoms with Gasteiger partial charge in [-0.3, -0.25) is 0 Å². The Morgan fingerprint density at radius 3 is 2.73 bits per heavy atom. The van der Waals surface area contributed by atoms with Crippen LogP contribution in [0.5, 0.6) is 0 Å². The number of hydrogen-bond donors (Lipinski definition) is 0. The Hall–Kier alpha value is -0.310. The fraction of sp³-hybridized carbons (Fsp3) is 0.182. The summed E-state index contributed by atoms with van der Waals surface area (Å²) < 4.78 is 0.959. The normalized spacial score (nSPS) is 10.9. The van der Waals surface area contributed by atoms with Crippen LogP contribution in [0.4, 0.5) is 0 Å². The van der Waals surface area contributed by atoms with E-state index in [0.29, 0.717) is 11.0 Å². The highest BCUT2D eigenvalue weighted by molar-refractivity contribution is 9.10. The number of nitrogens with zero attached hydrogens (tertiary/aromatic N) is 1. The number of benzene rings is 1. The largest absolute Gasteiger partial charge is 0.235 e. The van der Waals surface area contributed by atoms with Crippen LogP contribution in [0.1, 0.15) is 11.1 Å². The van der Waals surface area contributed by atoms with Crippen molar-refractivity contribution >= 4 is 50.0 Å². The van der Waals surface area contributed by atoms with Gasteiger partial charge in [0.1, 0.15) is 5.15 Å². The molecule has 1 aromatic carbocycles. The van der Waals surface area contributed by atoms with Gasteiger partial charge < -0.3 is 0 Å². The van der Waals surface area contributed by atoms with Crippen LogP contribution in [0.2, 0.25) is 5.15 Å². The second-order valence-electron chi connectivity index (χ2n) is 3.39. The number of fused-ring (bicyclic) bond motifs is 1. The Morgan fingerprint density at radius 1 is 1.33 bits per heavy atom. The zero-order valence-corrected chi connectivity index (χ0v) is 11.1. The van der Waals surface area contributed by atoms with Crippen LogP contribution < -0.4 is 0 Å². The van der Waals surface area contributed by atoms with Crippen molar-refractivity contribution in [1.29, 1.82) is 0 Å². The molecule has 2 aromatic rings. The van der Waals surface area contributed by atoms with E-state index in [1.165, 1.54) is 5.56 Å². The fourth-order valence-corrected chi connectivity index (χ4v) is 2.66. The molecule has 0 aliphatic carbocycles. The van der Waals surface area contributed by atoms with Gasteiger partial charge in [-0.05, 0) is 46.6 Å². The summed E-state index contributed by atoms with van der Waals surface area (Å²) in [5, 5.41) is 1.53. The number of aryl methyl sites for hydroxylation is 1. The van der Waals surface area contributed by atoms with E-state index in [1.54, 1.807) is 0 Å². The summed E-state index contributed by atoms with van der Waals surface area (Å²) in [6, 6.07) is 6.07. The van der Waals surface area contributed by atoms with E-state index >= 15 is 0 Å². The molecule has 0 amide bonds. The van der Waals surface area contributed by atoms with Crippen molar-refractivity contribution in [2.24, 2.45) is 0 Å². The maximum absolute atomic E-state index is 6.00. The lowest BCUT2D eigenvalue weighted by atomic mass is 10.1. The predicted octanol–water partition coefficient (Wildman–Crippen LogP) is 4.70. The van der Waals surface area contributed by atoms with E-state index in [-0.39, 0.29) is 0 Å². The Morgan fingerprint density at radius 2 is 2.07 bits per heavy atom. The van der Waals surface area contributed by atoms with Gasteiger partial charge in [0, 0.05) is 15.4 Å². The molecule has 0 aliphatic rings. The van der Waals surface area contributed by atoms with E-state index in [9.17, 15) is 0 Å². The molecule has 2 rings (SSSR count). The molecule has 0 aliphatic heterocycles. The number of alkyl halides is 1. The summed E-state index contributed by atoms with van der Waals surface area (Å²) in [5.41, 5.74) is 2.92. The third-order valence-corrected chi connectivity index (χ3v) is 3.41. The van der Waals surface area contributed by atoms with Crippen molar-refractivity contribution < 1.29 is 0 Å². The number of hydrogen-bond acceptors (Lipinski definition) is 1. The highest BCUT2D eigenvalue weighted by Crippen LogP contribution is 2.28. The Kier molecular flexibility index (Phi) is 3.19. The molecule has 0 bridgehead atoms. The van der Waals surface area contributed by atoms with Crippen molar-refractivity contribution in [2.45, 2.75) is 12.8 Å². The topological polar surface area (TPSA) is 12.9 Å². The lowest BCUT2D eigenvalue weighted by molar-refractivity contribution is 1.29. The zero-order chi connectivity index (χ0) is 11.0. The maximum Gasteiger partial charge on any atom is 0.134 e. The smallest absolute Gasteiger partial charge is 0.134 e. The van der Waals surface area contributed by atoms with Crippen molar-refractivity contribution in [3.8, 4) is 0 Å². The van der Waals surface area contributed by atoms with Gasteiger partial charge in [-0.1, -0.05) is 11.6 Å². The van der Waals surface area contributed by atoms with E-state index in [0.717, 1.165) is 20.9 Å². The van der Waals surface area contributed by atoms with Crippen LogP contribution in [0, 0.1) is 6.92 Å². The molecule has 1 nitrogen and oxygen atoms in total. The second kappa shape index (κ2) is 4.28. The van der Waals surface area contributed by atoms with Crippen LogP contribution in [-0.4, -0.2) is 4.98 Å². The van der Waals surface area contributed by atoms with Crippen molar-refractivity contribution in [3.63, 3.8) is 0 Å². The van der Waals surface area contributed by atoms with Crippen LogP contribution >= 0.6 is 39.1 Å². The van der Waals surface area contributed by atoms with Crippen LogP contribution in [0.15, 0.2) is 22.7 Å². The van der Waals surface area contributed by atoms with Gasteiger partial charge in [0.25, 0.3) is 0 Å². The molecule has 0 unspecified atom stereocenters. The van der Waals surface area contributed by atoms with Crippen molar-refractivity contribution in [1.82, 2.24) is 4.98 Å². The molecular formula is C11H8BrCl2N. The Bertz CT molecular complexity index is 525. The summed E-state index contributed by atoms with van der Waals surface area (Å²) >= 11 is 15.2. The molecule has 1 aromatic heterocycles. The number of aromatic nitrogens is 1. The first-order valence-electron chi connectivity index (χ1n) is 4.43. The quantitative estimate of drug-likeness (QED) is 0.550. The standard InChI is InChI=1S/C11H8BrCl2N/c1-6-2-7-4-8(5-13)11(14)15-10(7)9(12)3-6/h2-4H,5H2,1H3. The Balaban J connectivity index is 2.81. The van der Waals surface area contributed by atoms with Gasteiger partial charge in [-0.15, -0.1) is 11.6 Å². The number of halogens is 3. The highest BCUT2D eigenvalue weighted by Gasteiger charge is 2.07. The summed E-state index contributed by atoms with van der Waals surface area (Å²) in [7, 11) is 0. The average molecular weight is 305 g/mol. The van der Waals surface area contributed by atoms with Crippen LogP contribution in [0.3, 0.4) is 0 Å². The molecule has 0 radical (unpaired) electrons. The van der Waals surface area contributed by atoms with Gasteiger partial charge in [0.2, 0.25) is 0 Å². The summed E-state index contributed by atoms with van der Waals surface area (Å²) in [6.45, 7) is 2.04. The Labute approximate surface area is 107 Å². The predicted molar refractivity (Wildman–Crippen MR) is 68.7 cm³/mol. The molecule has 78 valence electrons. The summed E-state index contributed by atoms with van der Waals surface area (Å²) in [5.74, 6) is 0.382. The van der Waals surface area contributed by atoms with E-state index in [4.69, 9.17) is 23.2 Å². The molecule has 0 atom stereocenters. The molecule has 0 spiro atoms. The molecule has 0 fully saturated rings. The molecule has 4 heteroatoms. The summed E-state index contributed by atoms with van der Waals surface area (Å²) in [6.07, 6.45) is 0. The summed E-state index contributed by atoms with van der Waals surface area (Å²) in [4.78, 5) is 4.32. The fourth-order valence-electron chi connectivity index (χ4n) is 1.50. The van der Waals surface area contributed by atoms with Gasteiger partial charge in [0.15, 0.2) is 0 Å². The maximum atomic E-state index is 6.00. The number of rotatable bonds is 1. The number of pyridine rings is 1. The van der Waals surface area contributed by atoms with Gasteiger partial charge in [-0.25, -0.2) is 4.98 Å². The average Bonchev–Trinajstić information content (AvgIpc) is 2.18. The van der Waals surface area contributed by atoms with E-state index in [1.807, 2.05) is 19.1 Å². The van der Waals surface area contributed by atoms with Gasteiger partial charge in [0.05, 0.1) is 11.4 Å².